The van der Waals surface area contributed by atoms with Crippen LogP contribution < -0.4 is 9.47 Å². The van der Waals surface area contributed by atoms with Gasteiger partial charge in [-0.25, -0.2) is 0 Å². The van der Waals surface area contributed by atoms with Crippen LogP contribution in [-0.4, -0.2) is 39.4 Å². The molecule has 0 saturated carbocycles. The van der Waals surface area contributed by atoms with Crippen LogP contribution in [0.3, 0.4) is 0 Å². The van der Waals surface area contributed by atoms with E-state index in [1.165, 1.54) is 4.90 Å². The van der Waals surface area contributed by atoms with Crippen LogP contribution >= 0.6 is 0 Å². The molecule has 2 atom stereocenters. The fourth-order valence-corrected chi connectivity index (χ4v) is 4.91. The second-order valence-corrected chi connectivity index (χ2v) is 9.51. The van der Waals surface area contributed by atoms with Gasteiger partial charge >= 0.3 is 0 Å². The molecule has 5 rings (SSSR count). The number of rotatable bonds is 8. The summed E-state index contributed by atoms with van der Waals surface area (Å²) >= 11 is 0. The maximum Gasteiger partial charge on any atom is 0.295 e. The molecule has 1 fully saturated rings. The summed E-state index contributed by atoms with van der Waals surface area (Å²) in [5.41, 5.74) is 3.05. The van der Waals surface area contributed by atoms with Crippen molar-refractivity contribution in [3.8, 4) is 11.5 Å². The zero-order valence-electron chi connectivity index (χ0n) is 21.0. The van der Waals surface area contributed by atoms with Gasteiger partial charge in [-0.1, -0.05) is 25.5 Å². The number of ether oxygens (including phenoxy) is 2. The number of likely N-dealkylation sites (tertiary alicyclic amines) is 1. The van der Waals surface area contributed by atoms with Gasteiger partial charge in [0, 0.05) is 30.9 Å². The summed E-state index contributed by atoms with van der Waals surface area (Å²) in [5, 5.41) is 11.5. The predicted octanol–water partition coefficient (Wildman–Crippen LogP) is 5.21. The number of ketones is 1. The molecule has 37 heavy (non-hydrogen) atoms. The Kier molecular flexibility index (Phi) is 6.95. The van der Waals surface area contributed by atoms with E-state index in [9.17, 15) is 14.7 Å². The van der Waals surface area contributed by atoms with Crippen LogP contribution in [-0.2, 0) is 22.6 Å². The summed E-state index contributed by atoms with van der Waals surface area (Å²) in [6.07, 6.45) is 6.00. The fraction of sp³-hybridized carbons (Fsp3) is 0.300. The quantitative estimate of drug-likeness (QED) is 0.199. The first-order valence-corrected chi connectivity index (χ1v) is 12.7. The van der Waals surface area contributed by atoms with Gasteiger partial charge in [-0.2, -0.15) is 0 Å². The van der Waals surface area contributed by atoms with Gasteiger partial charge in [-0.05, 0) is 72.5 Å². The topological polar surface area (TPSA) is 89.0 Å². The van der Waals surface area contributed by atoms with E-state index in [-0.39, 0.29) is 24.0 Å². The standard InChI is InChI=1S/C30H30N2O5/c1-3-4-14-36-24-7-5-6-21(17-24)27-26(28(33)22-8-9-25-23(16-22)15-19(2)37-25)29(34)30(35)32(27)18-20-10-12-31-13-11-20/h5-13,16-17,19,27,33H,3-4,14-15,18H2,1-2H3/t19-,27-/m1/s1. The van der Waals surface area contributed by atoms with Crippen LogP contribution in [0.4, 0.5) is 0 Å². The molecule has 0 aliphatic carbocycles. The van der Waals surface area contributed by atoms with Gasteiger partial charge in [-0.15, -0.1) is 0 Å². The number of aliphatic hydroxyl groups excluding tert-OH is 1. The lowest BCUT2D eigenvalue weighted by atomic mass is 9.94. The predicted molar refractivity (Wildman–Crippen MR) is 139 cm³/mol. The molecular weight excluding hydrogens is 468 g/mol. The maximum absolute atomic E-state index is 13.4. The van der Waals surface area contributed by atoms with Crippen molar-refractivity contribution in [2.24, 2.45) is 0 Å². The van der Waals surface area contributed by atoms with E-state index in [1.807, 2.05) is 49.4 Å². The van der Waals surface area contributed by atoms with Crippen LogP contribution in [0.1, 0.15) is 55.0 Å². The number of carbonyl (C=O) groups is 2. The third kappa shape index (κ3) is 4.94. The molecule has 3 heterocycles. The minimum absolute atomic E-state index is 0.0498. The molecule has 7 heteroatoms. The summed E-state index contributed by atoms with van der Waals surface area (Å²) in [6.45, 7) is 4.86. The van der Waals surface area contributed by atoms with Crippen LogP contribution in [0.5, 0.6) is 11.5 Å². The maximum atomic E-state index is 13.4. The number of benzene rings is 2. The SMILES string of the molecule is CCCCOc1cccc([C@@H]2C(=C(O)c3ccc4c(c3)C[C@@H](C)O4)C(=O)C(=O)N2Cc2ccncc2)c1. The Labute approximate surface area is 216 Å². The molecule has 3 aromatic rings. The van der Waals surface area contributed by atoms with E-state index in [0.717, 1.165) is 29.7 Å². The Hall–Kier alpha value is -4.13. The molecule has 0 radical (unpaired) electrons. The highest BCUT2D eigenvalue weighted by Crippen LogP contribution is 2.42. The van der Waals surface area contributed by atoms with Gasteiger partial charge in [0.2, 0.25) is 0 Å². The molecule has 1 aromatic heterocycles. The normalized spacial score (nSPS) is 20.1. The van der Waals surface area contributed by atoms with E-state index in [1.54, 1.807) is 24.5 Å². The first-order chi connectivity index (χ1) is 18.0. The molecule has 0 bridgehead atoms. The number of aliphatic hydroxyl groups is 1. The number of amides is 1. The summed E-state index contributed by atoms with van der Waals surface area (Å²) < 4.78 is 11.7. The van der Waals surface area contributed by atoms with Crippen molar-refractivity contribution in [1.82, 2.24) is 9.88 Å². The molecule has 0 spiro atoms. The largest absolute Gasteiger partial charge is 0.507 e. The molecule has 1 amide bonds. The lowest BCUT2D eigenvalue weighted by molar-refractivity contribution is -0.140. The van der Waals surface area contributed by atoms with Gasteiger partial charge < -0.3 is 19.5 Å². The lowest BCUT2D eigenvalue weighted by Crippen LogP contribution is -2.29. The van der Waals surface area contributed by atoms with Crippen molar-refractivity contribution >= 4 is 17.4 Å². The molecule has 2 aliphatic heterocycles. The van der Waals surface area contributed by atoms with Crippen LogP contribution in [0, 0.1) is 0 Å². The average Bonchev–Trinajstić information content (AvgIpc) is 3.40. The first kappa shape index (κ1) is 24.6. The number of carbonyl (C=O) groups excluding carboxylic acids is 2. The second-order valence-electron chi connectivity index (χ2n) is 9.51. The highest BCUT2D eigenvalue weighted by Gasteiger charge is 2.46. The summed E-state index contributed by atoms with van der Waals surface area (Å²) in [4.78, 5) is 32.3. The average molecular weight is 499 g/mol. The van der Waals surface area contributed by atoms with Crippen molar-refractivity contribution in [2.75, 3.05) is 6.61 Å². The van der Waals surface area contributed by atoms with Gasteiger partial charge in [0.15, 0.2) is 0 Å². The first-order valence-electron chi connectivity index (χ1n) is 12.7. The van der Waals surface area contributed by atoms with Crippen molar-refractivity contribution in [3.05, 3.63) is 94.8 Å². The number of nitrogens with zero attached hydrogens (tertiary/aromatic N) is 2. The molecule has 1 N–H and O–H groups in total. The van der Waals surface area contributed by atoms with E-state index >= 15 is 0 Å². The van der Waals surface area contributed by atoms with Gasteiger partial charge in [-0.3, -0.25) is 14.6 Å². The molecule has 7 nitrogen and oxygen atoms in total. The Morgan fingerprint density at radius 1 is 1.14 bits per heavy atom. The molecule has 2 aliphatic rings. The third-order valence-electron chi connectivity index (χ3n) is 6.75. The van der Waals surface area contributed by atoms with Crippen molar-refractivity contribution in [1.29, 1.82) is 0 Å². The van der Waals surface area contributed by atoms with Crippen molar-refractivity contribution in [2.45, 2.75) is 51.8 Å². The highest BCUT2D eigenvalue weighted by molar-refractivity contribution is 6.46. The van der Waals surface area contributed by atoms with Crippen LogP contribution in [0.25, 0.3) is 5.76 Å². The number of Topliss-reactive ketones (excluding diaryl/α,β-unsaturated/α-hetero) is 1. The third-order valence-corrected chi connectivity index (χ3v) is 6.75. The number of hydrogen-bond acceptors (Lipinski definition) is 6. The number of unbranched alkanes of at least 4 members (excludes halogenated alkanes) is 1. The summed E-state index contributed by atoms with van der Waals surface area (Å²) in [7, 11) is 0. The fourth-order valence-electron chi connectivity index (χ4n) is 4.91. The smallest absolute Gasteiger partial charge is 0.295 e. The molecule has 190 valence electrons. The number of fused-ring (bicyclic) bond motifs is 1. The Morgan fingerprint density at radius 2 is 1.95 bits per heavy atom. The highest BCUT2D eigenvalue weighted by atomic mass is 16.5. The number of aromatic nitrogens is 1. The molecule has 1 saturated heterocycles. The Morgan fingerprint density at radius 3 is 2.73 bits per heavy atom. The lowest BCUT2D eigenvalue weighted by Gasteiger charge is -2.26. The van der Waals surface area contributed by atoms with Gasteiger partial charge in [0.1, 0.15) is 23.4 Å². The van der Waals surface area contributed by atoms with E-state index in [0.29, 0.717) is 29.9 Å². The van der Waals surface area contributed by atoms with Gasteiger partial charge in [0.25, 0.3) is 11.7 Å². The van der Waals surface area contributed by atoms with Gasteiger partial charge in [0.05, 0.1) is 18.2 Å². The van der Waals surface area contributed by atoms with Crippen molar-refractivity contribution < 1.29 is 24.2 Å². The van der Waals surface area contributed by atoms with Crippen molar-refractivity contribution in [3.63, 3.8) is 0 Å². The van der Waals surface area contributed by atoms with E-state index < -0.39 is 17.7 Å². The summed E-state index contributed by atoms with van der Waals surface area (Å²) in [6, 6.07) is 15.6. The molecule has 2 aromatic carbocycles. The number of hydrogen-bond donors (Lipinski definition) is 1. The van der Waals surface area contributed by atoms with Crippen LogP contribution in [0.15, 0.2) is 72.6 Å². The molecular formula is C30H30N2O5. The minimum atomic E-state index is -0.772. The van der Waals surface area contributed by atoms with E-state index in [2.05, 4.69) is 11.9 Å². The Bertz CT molecular complexity index is 1350. The summed E-state index contributed by atoms with van der Waals surface area (Å²) in [5.74, 6) is -0.127. The monoisotopic (exact) mass is 498 g/mol. The minimum Gasteiger partial charge on any atom is -0.507 e. The number of pyridine rings is 1. The van der Waals surface area contributed by atoms with Crippen LogP contribution in [0.2, 0.25) is 0 Å². The Balaban J connectivity index is 1.59. The second kappa shape index (κ2) is 10.5. The zero-order valence-corrected chi connectivity index (χ0v) is 21.0. The molecule has 0 unspecified atom stereocenters. The zero-order chi connectivity index (χ0) is 25.9. The van der Waals surface area contributed by atoms with E-state index in [4.69, 9.17) is 9.47 Å².